The van der Waals surface area contributed by atoms with Gasteiger partial charge in [-0.05, 0) is 36.8 Å². The topological polar surface area (TPSA) is 93.8 Å². The highest BCUT2D eigenvalue weighted by Crippen LogP contribution is 2.30. The second-order valence-electron chi connectivity index (χ2n) is 6.26. The van der Waals surface area contributed by atoms with E-state index in [2.05, 4.69) is 25.7 Å². The lowest BCUT2D eigenvalue weighted by molar-refractivity contribution is 0.102. The Labute approximate surface area is 189 Å². The van der Waals surface area contributed by atoms with E-state index in [1.54, 1.807) is 31.2 Å². The van der Waals surface area contributed by atoms with Crippen LogP contribution in [0, 0.1) is 12.7 Å². The smallest absolute Gasteiger partial charge is 0.258 e. The van der Waals surface area contributed by atoms with E-state index in [9.17, 15) is 9.18 Å². The minimum atomic E-state index is -0.268. The Morgan fingerprint density at radius 2 is 1.90 bits per heavy atom. The first-order valence-electron chi connectivity index (χ1n) is 9.10. The molecule has 11 heteroatoms. The standard InChI is InChI=1S/C20H16FN5O2S3/c1-12-22-17(28-26-12)11-29-16-5-3-2-4-15(16)18(27)23-19-24-25-20(31-19)30-10-13-6-8-14(21)9-7-13/h2-9H,10-11H2,1H3,(H,23,24,27). The molecule has 0 spiro atoms. The Bertz CT molecular complexity index is 1180. The summed E-state index contributed by atoms with van der Waals surface area (Å²) in [4.78, 5) is 17.8. The van der Waals surface area contributed by atoms with Gasteiger partial charge in [-0.25, -0.2) is 4.39 Å². The van der Waals surface area contributed by atoms with Gasteiger partial charge in [-0.15, -0.1) is 22.0 Å². The number of aromatic nitrogens is 4. The van der Waals surface area contributed by atoms with Crippen molar-refractivity contribution in [3.63, 3.8) is 0 Å². The van der Waals surface area contributed by atoms with Crippen molar-refractivity contribution in [2.45, 2.75) is 27.7 Å². The first-order valence-corrected chi connectivity index (χ1v) is 11.9. The molecule has 0 aliphatic rings. The Hall–Kier alpha value is -2.76. The number of amides is 1. The quantitative estimate of drug-likeness (QED) is 0.275. The summed E-state index contributed by atoms with van der Waals surface area (Å²) in [6, 6.07) is 13.6. The summed E-state index contributed by atoms with van der Waals surface area (Å²) < 4.78 is 18.8. The average Bonchev–Trinajstić information content (AvgIpc) is 3.40. The van der Waals surface area contributed by atoms with Crippen LogP contribution >= 0.6 is 34.9 Å². The molecule has 2 heterocycles. The van der Waals surface area contributed by atoms with E-state index in [1.807, 2.05) is 12.1 Å². The molecule has 0 aliphatic carbocycles. The molecule has 0 fully saturated rings. The van der Waals surface area contributed by atoms with Crippen LogP contribution in [0.4, 0.5) is 9.52 Å². The Balaban J connectivity index is 1.36. The molecule has 1 amide bonds. The van der Waals surface area contributed by atoms with E-state index in [0.717, 1.165) is 10.5 Å². The predicted octanol–water partition coefficient (Wildman–Crippen LogP) is 5.21. The molecule has 158 valence electrons. The zero-order valence-electron chi connectivity index (χ0n) is 16.2. The summed E-state index contributed by atoms with van der Waals surface area (Å²) in [6.45, 7) is 1.76. The summed E-state index contributed by atoms with van der Waals surface area (Å²) in [5.74, 6) is 1.65. The van der Waals surface area contributed by atoms with Gasteiger partial charge in [-0.2, -0.15) is 4.98 Å². The monoisotopic (exact) mass is 473 g/mol. The number of halogens is 1. The first-order chi connectivity index (χ1) is 15.1. The number of aryl methyl sites for hydroxylation is 1. The fourth-order valence-corrected chi connectivity index (χ4v) is 5.12. The maximum Gasteiger partial charge on any atom is 0.258 e. The number of carbonyl (C=O) groups excluding carboxylic acids is 1. The second-order valence-corrected chi connectivity index (χ2v) is 9.48. The predicted molar refractivity (Wildman–Crippen MR) is 119 cm³/mol. The Morgan fingerprint density at radius 3 is 2.68 bits per heavy atom. The van der Waals surface area contributed by atoms with Crippen LogP contribution in [0.1, 0.15) is 27.6 Å². The van der Waals surface area contributed by atoms with Crippen LogP contribution in [0.2, 0.25) is 0 Å². The minimum Gasteiger partial charge on any atom is -0.338 e. The third kappa shape index (κ3) is 5.90. The molecule has 2 aromatic carbocycles. The van der Waals surface area contributed by atoms with Crippen molar-refractivity contribution >= 4 is 45.9 Å². The second kappa shape index (κ2) is 10.0. The van der Waals surface area contributed by atoms with Crippen molar-refractivity contribution in [2.75, 3.05) is 5.32 Å². The first kappa shape index (κ1) is 21.5. The van der Waals surface area contributed by atoms with Crippen LogP contribution in [0.25, 0.3) is 0 Å². The number of hydrogen-bond donors (Lipinski definition) is 1. The number of carbonyl (C=O) groups is 1. The van der Waals surface area contributed by atoms with Gasteiger partial charge in [-0.3, -0.25) is 10.1 Å². The number of nitrogens with zero attached hydrogens (tertiary/aromatic N) is 4. The van der Waals surface area contributed by atoms with Crippen LogP contribution in [0.3, 0.4) is 0 Å². The molecule has 7 nitrogen and oxygen atoms in total. The molecule has 31 heavy (non-hydrogen) atoms. The summed E-state index contributed by atoms with van der Waals surface area (Å²) in [5, 5.41) is 15.1. The van der Waals surface area contributed by atoms with Gasteiger partial charge in [-0.1, -0.05) is 52.5 Å². The Morgan fingerprint density at radius 1 is 1.10 bits per heavy atom. The largest absolute Gasteiger partial charge is 0.338 e. The number of nitrogens with one attached hydrogen (secondary N) is 1. The van der Waals surface area contributed by atoms with Crippen LogP contribution in [0.15, 0.2) is 62.3 Å². The van der Waals surface area contributed by atoms with Gasteiger partial charge < -0.3 is 4.52 Å². The van der Waals surface area contributed by atoms with Gasteiger partial charge in [0.15, 0.2) is 10.2 Å². The van der Waals surface area contributed by atoms with Crippen molar-refractivity contribution < 1.29 is 13.7 Å². The van der Waals surface area contributed by atoms with Crippen LogP contribution < -0.4 is 5.32 Å². The lowest BCUT2D eigenvalue weighted by atomic mass is 10.2. The zero-order valence-corrected chi connectivity index (χ0v) is 18.7. The third-order valence-electron chi connectivity index (χ3n) is 3.95. The Kier molecular flexibility index (Phi) is 6.95. The molecule has 2 aromatic heterocycles. The molecule has 0 saturated heterocycles. The molecule has 4 rings (SSSR count). The van der Waals surface area contributed by atoms with Crippen LogP contribution in [0.5, 0.6) is 0 Å². The molecule has 0 atom stereocenters. The maximum atomic E-state index is 13.0. The molecule has 0 unspecified atom stereocenters. The van der Waals surface area contributed by atoms with E-state index in [0.29, 0.717) is 38.3 Å². The molecule has 0 bridgehead atoms. The fourth-order valence-electron chi connectivity index (χ4n) is 2.53. The number of rotatable bonds is 8. The normalized spacial score (nSPS) is 10.9. The average molecular weight is 474 g/mol. The van der Waals surface area contributed by atoms with Gasteiger partial charge in [0.1, 0.15) is 5.82 Å². The van der Waals surface area contributed by atoms with E-state index in [4.69, 9.17) is 4.52 Å². The molecule has 0 saturated carbocycles. The van der Waals surface area contributed by atoms with E-state index >= 15 is 0 Å². The van der Waals surface area contributed by atoms with E-state index in [1.165, 1.54) is 47.0 Å². The fraction of sp³-hybridized carbons (Fsp3) is 0.150. The highest BCUT2D eigenvalue weighted by molar-refractivity contribution is 8.00. The third-order valence-corrected chi connectivity index (χ3v) is 7.06. The highest BCUT2D eigenvalue weighted by Gasteiger charge is 2.15. The molecular formula is C20H16FN5O2S3. The summed E-state index contributed by atoms with van der Waals surface area (Å²) >= 11 is 4.21. The van der Waals surface area contributed by atoms with E-state index in [-0.39, 0.29) is 11.7 Å². The number of hydrogen-bond acceptors (Lipinski definition) is 9. The molecule has 4 aromatic rings. The van der Waals surface area contributed by atoms with Crippen molar-refractivity contribution in [1.82, 2.24) is 20.3 Å². The molecular weight excluding hydrogens is 457 g/mol. The van der Waals surface area contributed by atoms with Crippen molar-refractivity contribution in [1.29, 1.82) is 0 Å². The van der Waals surface area contributed by atoms with E-state index < -0.39 is 0 Å². The highest BCUT2D eigenvalue weighted by atomic mass is 32.2. The minimum absolute atomic E-state index is 0.264. The molecule has 0 radical (unpaired) electrons. The summed E-state index contributed by atoms with van der Waals surface area (Å²) in [5.41, 5.74) is 1.51. The number of anilines is 1. The maximum absolute atomic E-state index is 13.0. The summed E-state index contributed by atoms with van der Waals surface area (Å²) in [7, 11) is 0. The van der Waals surface area contributed by atoms with Crippen molar-refractivity contribution in [2.24, 2.45) is 0 Å². The molecule has 0 aliphatic heterocycles. The van der Waals surface area contributed by atoms with Crippen molar-refractivity contribution in [3.05, 3.63) is 77.2 Å². The number of benzene rings is 2. The zero-order chi connectivity index (χ0) is 21.6. The van der Waals surface area contributed by atoms with Gasteiger partial charge in [0, 0.05) is 10.6 Å². The molecule has 1 N–H and O–H groups in total. The van der Waals surface area contributed by atoms with Gasteiger partial charge >= 0.3 is 0 Å². The van der Waals surface area contributed by atoms with Crippen molar-refractivity contribution in [3.8, 4) is 0 Å². The van der Waals surface area contributed by atoms with Crippen LogP contribution in [-0.4, -0.2) is 26.2 Å². The van der Waals surface area contributed by atoms with Gasteiger partial charge in [0.05, 0.1) is 11.3 Å². The van der Waals surface area contributed by atoms with Gasteiger partial charge in [0.25, 0.3) is 5.91 Å². The lowest BCUT2D eigenvalue weighted by Gasteiger charge is -2.07. The number of thioether (sulfide) groups is 2. The lowest BCUT2D eigenvalue weighted by Crippen LogP contribution is -2.12. The van der Waals surface area contributed by atoms with Crippen LogP contribution in [-0.2, 0) is 11.5 Å². The van der Waals surface area contributed by atoms with Gasteiger partial charge in [0.2, 0.25) is 11.0 Å². The summed E-state index contributed by atoms with van der Waals surface area (Å²) in [6.07, 6.45) is 0. The SMILES string of the molecule is Cc1noc(CSc2ccccc2C(=O)Nc2nnc(SCc3ccc(F)cc3)s2)n1.